The molecular weight excluding hydrogens is 458 g/mol. The number of nitrogens with one attached hydrogen (secondary N) is 1. The van der Waals surface area contributed by atoms with E-state index < -0.39 is 5.91 Å². The number of benzene rings is 2. The highest BCUT2D eigenvalue weighted by Crippen LogP contribution is 2.28. The largest absolute Gasteiger partial charge is 0.394 e. The Bertz CT molecular complexity index is 1190. The van der Waals surface area contributed by atoms with Crippen molar-refractivity contribution in [1.82, 2.24) is 20.0 Å². The summed E-state index contributed by atoms with van der Waals surface area (Å²) >= 11 is 1.40. The molecule has 0 aliphatic heterocycles. The van der Waals surface area contributed by atoms with Crippen LogP contribution in [0.2, 0.25) is 0 Å². The topological polar surface area (TPSA) is 99.7 Å². The lowest BCUT2D eigenvalue weighted by Gasteiger charge is -2.25. The maximum absolute atomic E-state index is 13.1. The van der Waals surface area contributed by atoms with Crippen molar-refractivity contribution >= 4 is 34.5 Å². The molecule has 0 bridgehead atoms. The zero-order valence-electron chi connectivity index (χ0n) is 20.3. The summed E-state index contributed by atoms with van der Waals surface area (Å²) in [6, 6.07) is 17.1. The highest BCUT2D eigenvalue weighted by Gasteiger charge is 2.15. The van der Waals surface area contributed by atoms with E-state index >= 15 is 0 Å². The number of hydrogen-bond acceptors (Lipinski definition) is 7. The van der Waals surface area contributed by atoms with Gasteiger partial charge in [-0.15, -0.1) is 10.2 Å². The van der Waals surface area contributed by atoms with Gasteiger partial charge in [-0.2, -0.15) is 0 Å². The van der Waals surface area contributed by atoms with E-state index in [4.69, 9.17) is 10.7 Å². The summed E-state index contributed by atoms with van der Waals surface area (Å²) < 4.78 is 0. The summed E-state index contributed by atoms with van der Waals surface area (Å²) in [5.41, 5.74) is 10.8. The van der Waals surface area contributed by atoms with E-state index in [1.54, 1.807) is 11.6 Å². The van der Waals surface area contributed by atoms with Crippen molar-refractivity contribution in [3.05, 3.63) is 84.0 Å². The lowest BCUT2D eigenvalue weighted by molar-refractivity contribution is -0.112. The van der Waals surface area contributed by atoms with Crippen LogP contribution in [0.4, 0.5) is 5.69 Å². The number of rotatable bonds is 10. The predicted octanol–water partition coefficient (Wildman–Crippen LogP) is 3.94. The van der Waals surface area contributed by atoms with Gasteiger partial charge in [0.2, 0.25) is 0 Å². The van der Waals surface area contributed by atoms with Gasteiger partial charge in [-0.3, -0.25) is 4.79 Å². The zero-order valence-corrected chi connectivity index (χ0v) is 21.1. The van der Waals surface area contributed by atoms with Crippen LogP contribution >= 0.6 is 11.3 Å². The van der Waals surface area contributed by atoms with Gasteiger partial charge >= 0.3 is 0 Å². The van der Waals surface area contributed by atoms with Crippen LogP contribution in [0.25, 0.3) is 16.3 Å². The fourth-order valence-electron chi connectivity index (χ4n) is 3.25. The Morgan fingerprint density at radius 2 is 1.86 bits per heavy atom. The molecule has 182 valence electrons. The molecule has 35 heavy (non-hydrogen) atoms. The third kappa shape index (κ3) is 7.33. The molecule has 8 nitrogen and oxygen atoms in total. The second-order valence-corrected chi connectivity index (χ2v) is 8.84. The number of likely N-dealkylation sites (N-methyl/N-ethyl adjacent to an activating group) is 2. The molecule has 0 unspecified atom stereocenters. The Hall–Kier alpha value is -3.82. The third-order valence-corrected chi connectivity index (χ3v) is 5.92. The monoisotopic (exact) mass is 489 g/mol. The summed E-state index contributed by atoms with van der Waals surface area (Å²) in [5.74, 6) is 0.150. The molecule has 0 saturated carbocycles. The predicted molar refractivity (Wildman–Crippen MR) is 145 cm³/mol. The van der Waals surface area contributed by atoms with Gasteiger partial charge in [0.1, 0.15) is 22.1 Å². The molecule has 1 aromatic heterocycles. The van der Waals surface area contributed by atoms with Crippen molar-refractivity contribution in [2.24, 2.45) is 10.7 Å². The Morgan fingerprint density at radius 1 is 1.14 bits per heavy atom. The van der Waals surface area contributed by atoms with Crippen LogP contribution in [-0.2, 0) is 4.79 Å². The minimum Gasteiger partial charge on any atom is -0.394 e. The number of amides is 1. The third-order valence-electron chi connectivity index (χ3n) is 5.19. The number of hydrogen-bond donors (Lipinski definition) is 2. The minimum atomic E-state index is -0.427. The van der Waals surface area contributed by atoms with Gasteiger partial charge in [0.25, 0.3) is 5.91 Å². The maximum atomic E-state index is 13.1. The molecule has 3 N–H and O–H groups in total. The first-order valence-electron chi connectivity index (χ1n) is 11.3. The highest BCUT2D eigenvalue weighted by atomic mass is 32.1. The quantitative estimate of drug-likeness (QED) is 0.254. The zero-order chi connectivity index (χ0) is 25.2. The molecule has 1 amide bonds. The van der Waals surface area contributed by atoms with Gasteiger partial charge < -0.3 is 20.9 Å². The van der Waals surface area contributed by atoms with Crippen molar-refractivity contribution in [2.45, 2.75) is 6.92 Å². The number of nitrogens with zero attached hydrogens (tertiary/aromatic N) is 5. The van der Waals surface area contributed by atoms with Crippen LogP contribution in [0, 0.1) is 0 Å². The Labute approximate surface area is 210 Å². The van der Waals surface area contributed by atoms with Crippen molar-refractivity contribution in [3.63, 3.8) is 0 Å². The molecule has 1 heterocycles. The first-order chi connectivity index (χ1) is 16.9. The Kier molecular flexibility index (Phi) is 9.28. The fourth-order valence-corrected chi connectivity index (χ4v) is 3.84. The number of carbonyl (C=O) groups is 1. The van der Waals surface area contributed by atoms with Crippen LogP contribution in [-0.4, -0.2) is 65.5 Å². The second-order valence-electron chi connectivity index (χ2n) is 8.01. The average molecular weight is 490 g/mol. The maximum Gasteiger partial charge on any atom is 0.271 e. The number of amidine groups is 1. The van der Waals surface area contributed by atoms with Crippen LogP contribution in [0.15, 0.2) is 83.5 Å². The van der Waals surface area contributed by atoms with Gasteiger partial charge in [-0.05, 0) is 38.7 Å². The first-order valence-corrected chi connectivity index (χ1v) is 12.1. The average Bonchev–Trinajstić information content (AvgIpc) is 3.39. The normalized spacial score (nSPS) is 12.0. The van der Waals surface area contributed by atoms with Crippen molar-refractivity contribution in [1.29, 1.82) is 0 Å². The van der Waals surface area contributed by atoms with Gasteiger partial charge in [0.05, 0.1) is 11.4 Å². The van der Waals surface area contributed by atoms with E-state index in [0.717, 1.165) is 24.2 Å². The molecule has 3 aromatic rings. The van der Waals surface area contributed by atoms with Gasteiger partial charge in [-0.25, -0.2) is 4.99 Å². The highest BCUT2D eigenvalue weighted by molar-refractivity contribution is 7.12. The van der Waals surface area contributed by atoms with E-state index in [1.807, 2.05) is 75.6 Å². The van der Waals surface area contributed by atoms with Gasteiger partial charge in [0, 0.05) is 31.3 Å². The first kappa shape index (κ1) is 25.8. The standard InChI is InChI=1S/C26H31N7OS/c1-5-33(16-15-32(3)4)24(29-19(2)20-11-7-6-8-12-20)17-22(27)25(34)30-23-14-10-9-13-21(23)26-31-28-18-35-26/h6-14,17-18H,2,5,15-16,27H2,1,3-4H3,(H,30,34)/b22-17-,29-24?. The lowest BCUT2D eigenvalue weighted by Crippen LogP contribution is -2.36. The molecule has 9 heteroatoms. The summed E-state index contributed by atoms with van der Waals surface area (Å²) in [6.07, 6.45) is 1.61. The van der Waals surface area contributed by atoms with Crippen LogP contribution in [0.3, 0.4) is 0 Å². The fraction of sp³-hybridized carbons (Fsp3) is 0.231. The van der Waals surface area contributed by atoms with E-state index in [-0.39, 0.29) is 5.70 Å². The smallest absolute Gasteiger partial charge is 0.271 e. The molecule has 0 aliphatic rings. The molecular formula is C26H31N7OS. The summed E-state index contributed by atoms with van der Waals surface area (Å²) in [5, 5.41) is 11.6. The van der Waals surface area contributed by atoms with E-state index in [2.05, 4.69) is 31.9 Å². The van der Waals surface area contributed by atoms with E-state index in [1.165, 1.54) is 11.3 Å². The van der Waals surface area contributed by atoms with Gasteiger partial charge in [-0.1, -0.05) is 60.4 Å². The molecule has 0 aliphatic carbocycles. The summed E-state index contributed by atoms with van der Waals surface area (Å²) in [6.45, 7) is 8.40. The number of para-hydroxylation sites is 1. The molecule has 0 spiro atoms. The number of carbonyl (C=O) groups excluding carboxylic acids is 1. The van der Waals surface area contributed by atoms with Crippen LogP contribution < -0.4 is 11.1 Å². The number of anilines is 1. The minimum absolute atomic E-state index is 0.0416. The molecule has 2 aromatic carbocycles. The lowest BCUT2D eigenvalue weighted by atomic mass is 10.2. The number of aliphatic imine (C=N–C) groups is 1. The Balaban J connectivity index is 1.89. The van der Waals surface area contributed by atoms with Gasteiger partial charge in [0.15, 0.2) is 0 Å². The second kappa shape index (κ2) is 12.6. The van der Waals surface area contributed by atoms with Crippen LogP contribution in [0.5, 0.6) is 0 Å². The molecule has 0 fully saturated rings. The molecule has 0 atom stereocenters. The SMILES string of the molecule is C=C(N=C(/C=C(\N)C(=O)Nc1ccccc1-c1nncs1)N(CC)CCN(C)C)c1ccccc1. The summed E-state index contributed by atoms with van der Waals surface area (Å²) in [4.78, 5) is 22.0. The number of nitrogens with two attached hydrogens (primary N) is 1. The van der Waals surface area contributed by atoms with E-state index in [0.29, 0.717) is 28.8 Å². The molecule has 3 rings (SSSR count). The summed E-state index contributed by atoms with van der Waals surface area (Å²) in [7, 11) is 4.03. The molecule has 0 saturated heterocycles. The van der Waals surface area contributed by atoms with E-state index in [9.17, 15) is 4.79 Å². The Morgan fingerprint density at radius 3 is 2.51 bits per heavy atom. The number of aromatic nitrogens is 2. The molecule has 0 radical (unpaired) electrons. The van der Waals surface area contributed by atoms with Crippen molar-refractivity contribution in [2.75, 3.05) is 39.0 Å². The van der Waals surface area contributed by atoms with Crippen molar-refractivity contribution in [3.8, 4) is 10.6 Å². The van der Waals surface area contributed by atoms with Crippen molar-refractivity contribution < 1.29 is 4.79 Å². The van der Waals surface area contributed by atoms with Crippen LogP contribution in [0.1, 0.15) is 12.5 Å².